The van der Waals surface area contributed by atoms with Crippen LogP contribution in [0.15, 0.2) is 0 Å². The second-order valence-corrected chi connectivity index (χ2v) is 42.5. The van der Waals surface area contributed by atoms with Crippen LogP contribution < -0.4 is 0 Å². The molecule has 0 saturated heterocycles. The molecule has 22 heteroatoms. The van der Waals surface area contributed by atoms with E-state index in [-0.39, 0.29) is 94.6 Å². The predicted molar refractivity (Wildman–Crippen MR) is 547 cm³/mol. The van der Waals surface area contributed by atoms with E-state index < -0.39 is 91.1 Å². The Hall–Kier alpha value is -1.54. The van der Waals surface area contributed by atoms with E-state index in [1.807, 2.05) is 145 Å². The number of rotatable bonds is 46. The molecule has 132 heavy (non-hydrogen) atoms. The lowest BCUT2D eigenvalue weighted by molar-refractivity contribution is -0.0526. The Morgan fingerprint density at radius 2 is 0.568 bits per heavy atom. The molecular weight excluding hydrogens is 1740 g/mol. The molecule has 0 aromatic carbocycles. The van der Waals surface area contributed by atoms with E-state index in [0.717, 1.165) is 103 Å². The van der Waals surface area contributed by atoms with Crippen LogP contribution in [0, 0.1) is 101 Å². The van der Waals surface area contributed by atoms with Gasteiger partial charge in [-0.25, -0.2) is 83.4 Å². The van der Waals surface area contributed by atoms with Crippen LogP contribution in [0.3, 0.4) is 0 Å². The first-order chi connectivity index (χ1) is 59.6. The highest BCUT2D eigenvalue weighted by Gasteiger charge is 2.32. The van der Waals surface area contributed by atoms with Crippen molar-refractivity contribution < 1.29 is 96.6 Å². The molecule has 0 rings (SSSR count). The standard InChI is InChI=1S/4C7H14F2.5C7H15F.C7H16.2C6H12F2.3C6H13F.2C5H11F/c1-6(2)4-5-7(3,8)9;1-6(2)4-3-5-7(8)9;1-4-7(8,9)5-6(2)3;1-4-5-7(8,9)6(2)3;2*1-6(2)4-5-7(3)8;1-7(2)5-3-4-6-8;1-4-7(8)5-6(2)3;1-4-5-7(8)6(2)3;1-4-5-6-7(2)3;1-5(2)4-6(3,7)8;1-4-6(7,8)5(2)3;1-5(2)4-6(3)7;1-6(2)4-3-5-7;1-4-6(7)5(2)3;1-5(2)3-4-6;1-4(2)5(3)6/h6H,4-5H2,1-3H3;6-7H,3-5H2,1-2H3;2*6H,4-5H2,1-3H3;2*6-7H,4-5H2,1-3H3;7H,3-6H2,1-2H3;2*6-7H,4-5H2,1-3H3;7H,4-6H2,1-3H3;2*5H,4H2,1-3H3;5-6H,4H2,1-3H3;6H,3-5H2,1-2H3;5-6H,4H2,1-3H3;5H,3-4H2,1-2H3;4-5H,1-3H3. The molecule has 0 aliphatic rings. The van der Waals surface area contributed by atoms with E-state index in [0.29, 0.717) is 92.3 Å². The number of hydrogen-bond acceptors (Lipinski definition) is 0. The largest absolute Gasteiger partial charge is 0.251 e. The van der Waals surface area contributed by atoms with Gasteiger partial charge in [0.05, 0.1) is 44.7 Å². The third-order valence-corrected chi connectivity index (χ3v) is 18.6. The molecule has 0 amide bonds. The van der Waals surface area contributed by atoms with Crippen LogP contribution in [0.4, 0.5) is 96.6 Å². The van der Waals surface area contributed by atoms with E-state index in [9.17, 15) is 96.6 Å². The van der Waals surface area contributed by atoms with E-state index in [2.05, 4.69) is 76.2 Å². The fourth-order valence-corrected chi connectivity index (χ4v) is 9.21. The van der Waals surface area contributed by atoms with E-state index in [1.54, 1.807) is 62.3 Å². The van der Waals surface area contributed by atoms with Gasteiger partial charge in [-0.05, 0) is 227 Å². The summed E-state index contributed by atoms with van der Waals surface area (Å²) in [6, 6.07) is 0. The van der Waals surface area contributed by atoms with Crippen LogP contribution in [0.1, 0.15) is 518 Å². The lowest BCUT2D eigenvalue weighted by atomic mass is 10.0. The van der Waals surface area contributed by atoms with Crippen molar-refractivity contribution in [3.05, 3.63) is 0 Å². The Kier molecular flexibility index (Phi) is 148. The van der Waals surface area contributed by atoms with E-state index in [4.69, 9.17) is 0 Å². The summed E-state index contributed by atoms with van der Waals surface area (Å²) in [4.78, 5) is 0. The van der Waals surface area contributed by atoms with Crippen LogP contribution in [-0.2, 0) is 0 Å². The van der Waals surface area contributed by atoms with Crippen molar-refractivity contribution in [2.45, 2.75) is 597 Å². The summed E-state index contributed by atoms with van der Waals surface area (Å²) < 4.78 is 265. The average Bonchev–Trinajstić information content (AvgIpc) is 0.912. The van der Waals surface area contributed by atoms with Gasteiger partial charge in [-0.2, -0.15) is 0 Å². The molecule has 0 aliphatic carbocycles. The molecule has 0 saturated carbocycles. The topological polar surface area (TPSA) is 0 Å². The first-order valence-corrected chi connectivity index (χ1v) is 51.9. The Morgan fingerprint density at radius 1 is 0.235 bits per heavy atom. The summed E-state index contributed by atoms with van der Waals surface area (Å²) in [6.45, 7) is 87.1. The number of unbranched alkanes of at least 4 members (excludes halogenated alkanes) is 2. The minimum Gasteiger partial charge on any atom is -0.251 e. The minimum atomic E-state index is -2.48. The van der Waals surface area contributed by atoms with Crippen molar-refractivity contribution >= 4 is 0 Å². The number of halogens is 22. The van der Waals surface area contributed by atoms with Crippen molar-refractivity contribution in [2.75, 3.05) is 20.0 Å². The zero-order valence-electron chi connectivity index (χ0n) is 95.6. The maximum Gasteiger partial charge on any atom is 0.250 e. The van der Waals surface area contributed by atoms with Gasteiger partial charge in [0.25, 0.3) is 0 Å². The lowest BCUT2D eigenvalue weighted by Gasteiger charge is -2.18. The van der Waals surface area contributed by atoms with Gasteiger partial charge in [0, 0.05) is 56.8 Å². The predicted octanol–water partition coefficient (Wildman–Crippen LogP) is 45.6. The second-order valence-electron chi connectivity index (χ2n) is 42.5. The van der Waals surface area contributed by atoms with Crippen LogP contribution in [0.2, 0.25) is 0 Å². The van der Waals surface area contributed by atoms with Crippen LogP contribution in [0.25, 0.3) is 0 Å². The maximum atomic E-state index is 12.5. The van der Waals surface area contributed by atoms with Gasteiger partial charge in [0.1, 0.15) is 18.5 Å². The minimum absolute atomic E-state index is 0.00694. The maximum absolute atomic E-state index is 12.5. The molecule has 0 nitrogen and oxygen atoms in total. The lowest BCUT2D eigenvalue weighted by Crippen LogP contribution is -2.22. The molecule has 7 unspecified atom stereocenters. The molecular formula is C110H232F22. The Balaban J connectivity index is -0.0000000710. The summed E-state index contributed by atoms with van der Waals surface area (Å²) in [5.74, 6) is -6.48. The smallest absolute Gasteiger partial charge is 0.250 e. The van der Waals surface area contributed by atoms with Crippen molar-refractivity contribution in [1.29, 1.82) is 0 Å². The fraction of sp³-hybridized carbons (Fsp3) is 1.00. The molecule has 0 spiro atoms. The first-order valence-electron chi connectivity index (χ1n) is 51.9. The quantitative estimate of drug-likeness (QED) is 0.0421. The van der Waals surface area contributed by atoms with Gasteiger partial charge in [-0.1, -0.05) is 335 Å². The van der Waals surface area contributed by atoms with E-state index in [1.165, 1.54) is 53.4 Å². The molecule has 826 valence electrons. The summed E-state index contributed by atoms with van der Waals surface area (Å²) in [7, 11) is 0. The molecule has 0 N–H and O–H groups in total. The van der Waals surface area contributed by atoms with Crippen molar-refractivity contribution in [2.24, 2.45) is 101 Å². The highest BCUT2D eigenvalue weighted by molar-refractivity contribution is 4.70. The van der Waals surface area contributed by atoms with Gasteiger partial charge in [0.2, 0.25) is 36.0 Å². The Labute approximate surface area is 810 Å². The molecule has 0 fully saturated rings. The monoisotopic (exact) mass is 1970 g/mol. The summed E-state index contributed by atoms with van der Waals surface area (Å²) in [5.41, 5.74) is 0. The third-order valence-electron chi connectivity index (χ3n) is 18.6. The molecule has 7 atom stereocenters. The SMILES string of the molecule is CC(C)C(C)F.CC(C)CC(C)(F)F.CC(C)CC(C)F.CC(C)CCC(C)(F)F.CC(C)CCC(C)F.CC(C)CCC(C)F.CC(C)CCCC(F)F.CC(C)CCCCF.CC(C)CCCF.CC(C)CCF.CCC(F)(F)C(C)C.CCC(F)(F)CC(C)C.CCC(F)C(C)C.CCC(F)CC(C)C.CCCC(F)(F)C(C)C.CCCC(F)C(C)C.CCCCC(C)C. The Morgan fingerprint density at radius 3 is 0.674 bits per heavy atom. The molecule has 0 bridgehead atoms. The first kappa shape index (κ1) is 170. The Bertz CT molecular complexity index is 1910. The molecule has 0 aromatic heterocycles. The third kappa shape index (κ3) is 229. The van der Waals surface area contributed by atoms with Gasteiger partial charge in [-0.3, -0.25) is 13.2 Å². The van der Waals surface area contributed by atoms with Gasteiger partial charge >= 0.3 is 0 Å². The van der Waals surface area contributed by atoms with Crippen LogP contribution >= 0.6 is 0 Å². The second kappa shape index (κ2) is 115. The van der Waals surface area contributed by atoms with Gasteiger partial charge in [0.15, 0.2) is 0 Å². The number of alkyl halides is 22. The van der Waals surface area contributed by atoms with Crippen LogP contribution in [0.5, 0.6) is 0 Å². The highest BCUT2D eigenvalue weighted by atomic mass is 19.3. The summed E-state index contributed by atoms with van der Waals surface area (Å²) in [6.07, 6.45) is 13.9. The highest BCUT2D eigenvalue weighted by Crippen LogP contribution is 2.30. The molecule has 0 heterocycles. The van der Waals surface area contributed by atoms with Crippen molar-refractivity contribution in [3.63, 3.8) is 0 Å². The van der Waals surface area contributed by atoms with Crippen molar-refractivity contribution in [3.8, 4) is 0 Å². The van der Waals surface area contributed by atoms with Crippen LogP contribution in [-0.4, -0.2) is 99.3 Å². The zero-order chi connectivity index (χ0) is 109. The summed E-state index contributed by atoms with van der Waals surface area (Å²) >= 11 is 0. The van der Waals surface area contributed by atoms with Gasteiger partial charge in [-0.15, -0.1) is 0 Å². The number of hydrogen-bond donors (Lipinski definition) is 0. The average molecular weight is 1970 g/mol. The molecule has 0 aromatic rings. The zero-order valence-corrected chi connectivity index (χ0v) is 95.6. The summed E-state index contributed by atoms with van der Waals surface area (Å²) in [5, 5.41) is 0. The van der Waals surface area contributed by atoms with E-state index >= 15 is 0 Å². The fourth-order valence-electron chi connectivity index (χ4n) is 9.21. The molecule has 0 aliphatic heterocycles. The normalized spacial score (nSPS) is 12.9. The molecule has 0 radical (unpaired) electrons. The van der Waals surface area contributed by atoms with Crippen molar-refractivity contribution in [1.82, 2.24) is 0 Å². The van der Waals surface area contributed by atoms with Gasteiger partial charge < -0.3 is 0 Å².